The summed E-state index contributed by atoms with van der Waals surface area (Å²) in [7, 11) is 0. The SMILES string of the molecule is Cc1ccc(NC(=O)C(C)C)cc1NC(=O)Cc1ccc(NC(=O)OC(C)(C)C)cc1. The van der Waals surface area contributed by atoms with E-state index in [9.17, 15) is 14.4 Å². The lowest BCUT2D eigenvalue weighted by atomic mass is 10.1. The third-order valence-electron chi connectivity index (χ3n) is 4.27. The monoisotopic (exact) mass is 425 g/mol. The second kappa shape index (κ2) is 10.1. The first-order valence-electron chi connectivity index (χ1n) is 10.2. The number of aryl methyl sites for hydroxylation is 1. The number of rotatable bonds is 6. The molecule has 0 atom stereocenters. The van der Waals surface area contributed by atoms with Crippen molar-refractivity contribution in [2.45, 2.75) is 53.6 Å². The van der Waals surface area contributed by atoms with Crippen molar-refractivity contribution in [1.29, 1.82) is 0 Å². The van der Waals surface area contributed by atoms with Crippen LogP contribution in [0.3, 0.4) is 0 Å². The summed E-state index contributed by atoms with van der Waals surface area (Å²) < 4.78 is 5.22. The Morgan fingerprint density at radius 1 is 0.903 bits per heavy atom. The van der Waals surface area contributed by atoms with Gasteiger partial charge >= 0.3 is 6.09 Å². The van der Waals surface area contributed by atoms with E-state index in [0.29, 0.717) is 17.1 Å². The van der Waals surface area contributed by atoms with Crippen LogP contribution in [0.25, 0.3) is 0 Å². The molecule has 0 spiro atoms. The number of hydrogen-bond acceptors (Lipinski definition) is 4. The lowest BCUT2D eigenvalue weighted by Gasteiger charge is -2.19. The van der Waals surface area contributed by atoms with Crippen molar-refractivity contribution < 1.29 is 19.1 Å². The van der Waals surface area contributed by atoms with Gasteiger partial charge in [0.1, 0.15) is 5.60 Å². The molecule has 0 aliphatic rings. The van der Waals surface area contributed by atoms with Gasteiger partial charge in [-0.3, -0.25) is 14.9 Å². The molecule has 31 heavy (non-hydrogen) atoms. The van der Waals surface area contributed by atoms with Crippen LogP contribution in [0.1, 0.15) is 45.7 Å². The van der Waals surface area contributed by atoms with Crippen molar-refractivity contribution in [2.24, 2.45) is 5.92 Å². The molecule has 2 rings (SSSR count). The fraction of sp³-hybridized carbons (Fsp3) is 0.375. The Morgan fingerprint density at radius 3 is 2.10 bits per heavy atom. The molecule has 2 aromatic rings. The molecule has 0 aliphatic carbocycles. The average molecular weight is 426 g/mol. The summed E-state index contributed by atoms with van der Waals surface area (Å²) in [6, 6.07) is 12.4. The summed E-state index contributed by atoms with van der Waals surface area (Å²) in [5.74, 6) is -0.392. The van der Waals surface area contributed by atoms with Crippen molar-refractivity contribution in [3.8, 4) is 0 Å². The van der Waals surface area contributed by atoms with E-state index >= 15 is 0 Å². The van der Waals surface area contributed by atoms with Gasteiger partial charge in [0.15, 0.2) is 0 Å². The van der Waals surface area contributed by atoms with Crippen molar-refractivity contribution in [1.82, 2.24) is 0 Å². The molecule has 0 saturated carbocycles. The summed E-state index contributed by atoms with van der Waals surface area (Å²) in [5.41, 5.74) is 2.99. The zero-order chi connectivity index (χ0) is 23.2. The normalized spacial score (nSPS) is 11.1. The number of carbonyl (C=O) groups is 3. The summed E-state index contributed by atoms with van der Waals surface area (Å²) in [5, 5.41) is 8.39. The van der Waals surface area contributed by atoms with Crippen molar-refractivity contribution in [2.75, 3.05) is 16.0 Å². The van der Waals surface area contributed by atoms with Gasteiger partial charge in [0.25, 0.3) is 0 Å². The zero-order valence-electron chi connectivity index (χ0n) is 19.0. The van der Waals surface area contributed by atoms with Gasteiger partial charge in [-0.15, -0.1) is 0 Å². The Hall–Kier alpha value is -3.35. The molecule has 0 aliphatic heterocycles. The highest BCUT2D eigenvalue weighted by Gasteiger charge is 2.16. The van der Waals surface area contributed by atoms with Crippen LogP contribution in [0.15, 0.2) is 42.5 Å². The van der Waals surface area contributed by atoms with E-state index in [1.807, 2.05) is 32.9 Å². The largest absolute Gasteiger partial charge is 0.444 e. The molecule has 3 amide bonds. The molecule has 0 bridgehead atoms. The predicted molar refractivity (Wildman–Crippen MR) is 123 cm³/mol. The van der Waals surface area contributed by atoms with Crippen LogP contribution in [0.5, 0.6) is 0 Å². The minimum atomic E-state index is -0.574. The Kier molecular flexibility index (Phi) is 7.80. The van der Waals surface area contributed by atoms with Crippen LogP contribution in [0.2, 0.25) is 0 Å². The van der Waals surface area contributed by atoms with Crippen LogP contribution in [0, 0.1) is 12.8 Å². The number of ether oxygens (including phenoxy) is 1. The maximum Gasteiger partial charge on any atom is 0.412 e. The molecule has 7 heteroatoms. The van der Waals surface area contributed by atoms with Gasteiger partial charge < -0.3 is 15.4 Å². The summed E-state index contributed by atoms with van der Waals surface area (Å²) in [6.45, 7) is 10.9. The Labute approximate surface area is 183 Å². The zero-order valence-corrected chi connectivity index (χ0v) is 19.0. The van der Waals surface area contributed by atoms with E-state index in [1.54, 1.807) is 51.1 Å². The smallest absolute Gasteiger partial charge is 0.412 e. The lowest BCUT2D eigenvalue weighted by molar-refractivity contribution is -0.119. The van der Waals surface area contributed by atoms with Crippen molar-refractivity contribution in [3.05, 3.63) is 53.6 Å². The second-order valence-corrected chi connectivity index (χ2v) is 8.72. The number of anilines is 3. The molecule has 0 fully saturated rings. The van der Waals surface area contributed by atoms with E-state index < -0.39 is 11.7 Å². The van der Waals surface area contributed by atoms with Gasteiger partial charge in [0, 0.05) is 23.0 Å². The van der Waals surface area contributed by atoms with E-state index in [2.05, 4.69) is 16.0 Å². The number of benzene rings is 2. The Balaban J connectivity index is 1.97. The van der Waals surface area contributed by atoms with Gasteiger partial charge in [-0.25, -0.2) is 4.79 Å². The fourth-order valence-electron chi connectivity index (χ4n) is 2.63. The summed E-state index contributed by atoms with van der Waals surface area (Å²) in [4.78, 5) is 36.2. The summed E-state index contributed by atoms with van der Waals surface area (Å²) in [6.07, 6.45) is -0.354. The topological polar surface area (TPSA) is 96.5 Å². The van der Waals surface area contributed by atoms with E-state index in [4.69, 9.17) is 4.74 Å². The molecule has 0 aromatic heterocycles. The number of nitrogens with one attached hydrogen (secondary N) is 3. The number of hydrogen-bond donors (Lipinski definition) is 3. The molecule has 0 saturated heterocycles. The van der Waals surface area contributed by atoms with Crippen LogP contribution in [0.4, 0.5) is 21.9 Å². The highest BCUT2D eigenvalue weighted by Crippen LogP contribution is 2.21. The lowest BCUT2D eigenvalue weighted by Crippen LogP contribution is -2.27. The first-order chi connectivity index (χ1) is 14.4. The number of amides is 3. The van der Waals surface area contributed by atoms with Gasteiger partial charge in [-0.05, 0) is 63.1 Å². The highest BCUT2D eigenvalue weighted by molar-refractivity contribution is 5.96. The third-order valence-corrected chi connectivity index (χ3v) is 4.27. The molecule has 166 valence electrons. The Morgan fingerprint density at radius 2 is 1.52 bits per heavy atom. The molecule has 0 unspecified atom stereocenters. The minimum absolute atomic E-state index is 0.0822. The second-order valence-electron chi connectivity index (χ2n) is 8.72. The van der Waals surface area contributed by atoms with Gasteiger partial charge in [0.2, 0.25) is 11.8 Å². The molecular weight excluding hydrogens is 394 g/mol. The molecule has 0 radical (unpaired) electrons. The quantitative estimate of drug-likeness (QED) is 0.599. The maximum absolute atomic E-state index is 12.5. The van der Waals surface area contributed by atoms with Crippen LogP contribution < -0.4 is 16.0 Å². The first-order valence-corrected chi connectivity index (χ1v) is 10.2. The fourth-order valence-corrected chi connectivity index (χ4v) is 2.63. The van der Waals surface area contributed by atoms with Gasteiger partial charge in [-0.2, -0.15) is 0 Å². The minimum Gasteiger partial charge on any atom is -0.444 e. The van der Waals surface area contributed by atoms with E-state index in [1.165, 1.54) is 0 Å². The van der Waals surface area contributed by atoms with Crippen LogP contribution in [-0.2, 0) is 20.7 Å². The van der Waals surface area contributed by atoms with E-state index in [0.717, 1.165) is 11.1 Å². The number of carbonyl (C=O) groups excluding carboxylic acids is 3. The molecule has 2 aromatic carbocycles. The first kappa shape index (κ1) is 23.9. The average Bonchev–Trinajstić information content (AvgIpc) is 2.64. The summed E-state index contributed by atoms with van der Waals surface area (Å²) >= 11 is 0. The third kappa shape index (κ3) is 8.12. The van der Waals surface area contributed by atoms with Crippen molar-refractivity contribution >= 4 is 35.0 Å². The van der Waals surface area contributed by atoms with Crippen LogP contribution in [-0.4, -0.2) is 23.5 Å². The standard InChI is InChI=1S/C24H31N3O4/c1-15(2)22(29)25-19-10-7-16(3)20(14-19)27-21(28)13-17-8-11-18(12-9-17)26-23(30)31-24(4,5)6/h7-12,14-15H,13H2,1-6H3,(H,25,29)(H,26,30)(H,27,28). The van der Waals surface area contributed by atoms with Crippen molar-refractivity contribution in [3.63, 3.8) is 0 Å². The van der Waals surface area contributed by atoms with Gasteiger partial charge in [0.05, 0.1) is 6.42 Å². The molecule has 3 N–H and O–H groups in total. The molecular formula is C24H31N3O4. The van der Waals surface area contributed by atoms with Crippen LogP contribution >= 0.6 is 0 Å². The predicted octanol–water partition coefficient (Wildman–Crippen LogP) is 5.12. The Bertz CT molecular complexity index is 944. The van der Waals surface area contributed by atoms with Gasteiger partial charge in [-0.1, -0.05) is 32.0 Å². The molecule has 7 nitrogen and oxygen atoms in total. The molecule has 0 heterocycles. The highest BCUT2D eigenvalue weighted by atomic mass is 16.6. The van der Waals surface area contributed by atoms with E-state index in [-0.39, 0.29) is 24.2 Å². The maximum atomic E-state index is 12.5.